The summed E-state index contributed by atoms with van der Waals surface area (Å²) in [5, 5.41) is 9.39. The lowest BCUT2D eigenvalue weighted by atomic mass is 10.0. The summed E-state index contributed by atoms with van der Waals surface area (Å²) in [7, 11) is 2.12. The number of aliphatic hydroxyl groups is 1. The Kier molecular flexibility index (Phi) is 4.14. The maximum atomic E-state index is 9.39. The van der Waals surface area contributed by atoms with Crippen LogP contribution in [0.2, 0.25) is 0 Å². The Morgan fingerprint density at radius 2 is 2.00 bits per heavy atom. The number of hydrogen-bond acceptors (Lipinski definition) is 2. The van der Waals surface area contributed by atoms with Gasteiger partial charge in [0.1, 0.15) is 18.6 Å². The van der Waals surface area contributed by atoms with E-state index in [0.29, 0.717) is 17.9 Å². The molecule has 0 spiro atoms. The van der Waals surface area contributed by atoms with Crippen LogP contribution in [0.15, 0.2) is 0 Å². The van der Waals surface area contributed by atoms with Crippen molar-refractivity contribution in [2.75, 3.05) is 20.2 Å². The average Bonchev–Trinajstić information content (AvgIpc) is 2.48. The Bertz CT molecular complexity index is 236. The Balaban J connectivity index is 2.69. The second kappa shape index (κ2) is 4.97. The van der Waals surface area contributed by atoms with Crippen molar-refractivity contribution >= 4 is 6.34 Å². The molecule has 0 amide bonds. The largest absolute Gasteiger partial charge is 0.392 e. The van der Waals surface area contributed by atoms with Gasteiger partial charge >= 0.3 is 0 Å². The van der Waals surface area contributed by atoms with Crippen LogP contribution >= 0.6 is 0 Å². The predicted molar refractivity (Wildman–Crippen MR) is 63.3 cm³/mol. The van der Waals surface area contributed by atoms with E-state index >= 15 is 0 Å². The maximum absolute atomic E-state index is 9.39. The fourth-order valence-corrected chi connectivity index (χ4v) is 2.31. The van der Waals surface area contributed by atoms with E-state index in [2.05, 4.69) is 50.6 Å². The van der Waals surface area contributed by atoms with Crippen LogP contribution in [-0.2, 0) is 0 Å². The molecule has 15 heavy (non-hydrogen) atoms. The molecule has 2 atom stereocenters. The van der Waals surface area contributed by atoms with E-state index in [9.17, 15) is 5.11 Å². The minimum atomic E-state index is 0.243. The van der Waals surface area contributed by atoms with Gasteiger partial charge in [-0.05, 0) is 11.8 Å². The van der Waals surface area contributed by atoms with Crippen LogP contribution in [0, 0.1) is 11.8 Å². The lowest BCUT2D eigenvalue weighted by Crippen LogP contribution is -2.41. The molecule has 0 saturated heterocycles. The summed E-state index contributed by atoms with van der Waals surface area (Å²) >= 11 is 0. The fraction of sp³-hybridized carbons (Fsp3) is 0.917. The van der Waals surface area contributed by atoms with Crippen molar-refractivity contribution in [2.24, 2.45) is 11.8 Å². The normalized spacial score (nSPS) is 23.9. The summed E-state index contributed by atoms with van der Waals surface area (Å²) in [6.07, 6.45) is 2.16. The average molecular weight is 213 g/mol. The molecule has 0 bridgehead atoms. The highest BCUT2D eigenvalue weighted by Gasteiger charge is 2.36. The van der Waals surface area contributed by atoms with Crippen LogP contribution in [0.1, 0.15) is 27.7 Å². The first-order valence-electron chi connectivity index (χ1n) is 5.91. The molecule has 3 nitrogen and oxygen atoms in total. The van der Waals surface area contributed by atoms with Crippen LogP contribution in [0.25, 0.3) is 0 Å². The number of rotatable bonds is 4. The Hall–Kier alpha value is -0.570. The summed E-state index contributed by atoms with van der Waals surface area (Å²) in [6.45, 7) is 10.1. The van der Waals surface area contributed by atoms with Crippen LogP contribution < -0.4 is 0 Å². The minimum Gasteiger partial charge on any atom is -0.392 e. The van der Waals surface area contributed by atoms with Gasteiger partial charge in [0, 0.05) is 0 Å². The lowest BCUT2D eigenvalue weighted by Gasteiger charge is -2.23. The lowest BCUT2D eigenvalue weighted by molar-refractivity contribution is -0.530. The summed E-state index contributed by atoms with van der Waals surface area (Å²) < 4.78 is 2.27. The van der Waals surface area contributed by atoms with Crippen molar-refractivity contribution in [1.82, 2.24) is 4.90 Å². The smallest absolute Gasteiger partial charge is 0.234 e. The highest BCUT2D eigenvalue weighted by Crippen LogP contribution is 2.17. The van der Waals surface area contributed by atoms with Crippen LogP contribution in [0.4, 0.5) is 0 Å². The SMILES string of the molecule is CC(C)[C@@H](CO)N1C=[N+](C)[C@@H](C(C)C)C1. The van der Waals surface area contributed by atoms with Gasteiger partial charge in [0.15, 0.2) is 0 Å². The zero-order valence-corrected chi connectivity index (χ0v) is 10.6. The van der Waals surface area contributed by atoms with Crippen molar-refractivity contribution in [1.29, 1.82) is 0 Å². The molecule has 0 saturated carbocycles. The van der Waals surface area contributed by atoms with Crippen molar-refractivity contribution in [3.63, 3.8) is 0 Å². The zero-order chi connectivity index (χ0) is 11.6. The third-order valence-corrected chi connectivity index (χ3v) is 3.40. The topological polar surface area (TPSA) is 26.5 Å². The molecule has 0 aromatic heterocycles. The Morgan fingerprint density at radius 1 is 1.40 bits per heavy atom. The number of hydrogen-bond donors (Lipinski definition) is 1. The zero-order valence-electron chi connectivity index (χ0n) is 10.6. The molecule has 1 aliphatic rings. The highest BCUT2D eigenvalue weighted by atomic mass is 16.3. The summed E-state index contributed by atoms with van der Waals surface area (Å²) in [5.74, 6) is 1.15. The molecule has 3 heteroatoms. The molecule has 0 fully saturated rings. The van der Waals surface area contributed by atoms with Crippen molar-refractivity contribution in [3.8, 4) is 0 Å². The second-order valence-corrected chi connectivity index (χ2v) is 5.28. The molecular formula is C12H25N2O+. The van der Waals surface area contributed by atoms with E-state index in [-0.39, 0.29) is 12.6 Å². The minimum absolute atomic E-state index is 0.243. The molecule has 0 radical (unpaired) electrons. The molecule has 0 unspecified atom stereocenters. The third-order valence-electron chi connectivity index (χ3n) is 3.40. The monoisotopic (exact) mass is 213 g/mol. The first-order chi connectivity index (χ1) is 6.97. The van der Waals surface area contributed by atoms with Gasteiger partial charge in [-0.2, -0.15) is 0 Å². The van der Waals surface area contributed by atoms with Crippen LogP contribution in [0.3, 0.4) is 0 Å². The van der Waals surface area contributed by atoms with E-state index in [0.717, 1.165) is 6.54 Å². The van der Waals surface area contributed by atoms with Crippen molar-refractivity contribution < 1.29 is 9.68 Å². The highest BCUT2D eigenvalue weighted by molar-refractivity contribution is 5.51. The first-order valence-corrected chi connectivity index (χ1v) is 5.91. The van der Waals surface area contributed by atoms with Gasteiger partial charge in [-0.25, -0.2) is 0 Å². The molecule has 0 aromatic rings. The molecule has 0 aromatic carbocycles. The Labute approximate surface area is 93.4 Å². The summed E-state index contributed by atoms with van der Waals surface area (Å²) in [6, 6.07) is 0.842. The number of aliphatic hydroxyl groups excluding tert-OH is 1. The van der Waals surface area contributed by atoms with Gasteiger partial charge in [0.25, 0.3) is 0 Å². The predicted octanol–water partition coefficient (Wildman–Crippen LogP) is 1.01. The number of likely N-dealkylation sites (N-methyl/N-ethyl adjacent to an activating group) is 1. The molecule has 0 aliphatic carbocycles. The van der Waals surface area contributed by atoms with E-state index in [1.165, 1.54) is 0 Å². The Morgan fingerprint density at radius 3 is 2.33 bits per heavy atom. The van der Waals surface area contributed by atoms with E-state index < -0.39 is 0 Å². The molecule has 1 heterocycles. The van der Waals surface area contributed by atoms with Gasteiger partial charge < -0.3 is 5.11 Å². The van der Waals surface area contributed by atoms with Gasteiger partial charge in [0.05, 0.1) is 13.7 Å². The quantitative estimate of drug-likeness (QED) is 0.706. The molecular weight excluding hydrogens is 188 g/mol. The fourth-order valence-electron chi connectivity index (χ4n) is 2.31. The summed E-state index contributed by atoms with van der Waals surface area (Å²) in [4.78, 5) is 2.29. The van der Waals surface area contributed by atoms with Gasteiger partial charge in [-0.1, -0.05) is 27.7 Å². The van der Waals surface area contributed by atoms with E-state index in [1.54, 1.807) is 0 Å². The maximum Gasteiger partial charge on any atom is 0.234 e. The molecule has 1 aliphatic heterocycles. The van der Waals surface area contributed by atoms with Crippen molar-refractivity contribution in [2.45, 2.75) is 39.8 Å². The first kappa shape index (κ1) is 12.5. The van der Waals surface area contributed by atoms with E-state index in [4.69, 9.17) is 0 Å². The van der Waals surface area contributed by atoms with Gasteiger partial charge in [-0.15, -0.1) is 0 Å². The van der Waals surface area contributed by atoms with Gasteiger partial charge in [-0.3, -0.25) is 9.48 Å². The second-order valence-electron chi connectivity index (χ2n) is 5.28. The van der Waals surface area contributed by atoms with Crippen molar-refractivity contribution in [3.05, 3.63) is 0 Å². The summed E-state index contributed by atoms with van der Waals surface area (Å²) in [5.41, 5.74) is 0. The molecule has 1 N–H and O–H groups in total. The van der Waals surface area contributed by atoms with Crippen LogP contribution in [0.5, 0.6) is 0 Å². The standard InChI is InChI=1S/C12H25N2O/c1-9(2)11-6-14(8-13(11)5)12(7-15)10(3)4/h8-12,15H,6-7H2,1-5H3/q+1/t11-,12-/m1/s1. The number of nitrogens with zero attached hydrogens (tertiary/aromatic N) is 2. The third kappa shape index (κ3) is 2.71. The van der Waals surface area contributed by atoms with Crippen LogP contribution in [-0.4, -0.2) is 53.2 Å². The van der Waals surface area contributed by atoms with Gasteiger partial charge in [0.2, 0.25) is 6.34 Å². The molecule has 88 valence electrons. The van der Waals surface area contributed by atoms with E-state index in [1.807, 2.05) is 0 Å². The molecule has 1 rings (SSSR count).